The second-order valence-corrected chi connectivity index (χ2v) is 3.19. The molecule has 0 N–H and O–H groups in total. The fraction of sp³-hybridized carbons (Fsp3) is 0.875. The Morgan fingerprint density at radius 2 is 2.10 bits per heavy atom. The average Bonchev–Trinajstić information content (AvgIpc) is 1.88. The lowest BCUT2D eigenvalue weighted by atomic mass is 9.93. The first-order chi connectivity index (χ1) is 4.72. The highest BCUT2D eigenvalue weighted by Crippen LogP contribution is 2.17. The van der Waals surface area contributed by atoms with Gasteiger partial charge in [-0.3, -0.25) is 9.69 Å². The van der Waals surface area contributed by atoms with E-state index in [-0.39, 0.29) is 6.04 Å². The Labute approximate surface area is 62.2 Å². The molecule has 1 atom stereocenters. The molecule has 0 saturated heterocycles. The molecule has 0 aromatic carbocycles. The van der Waals surface area contributed by atoms with Gasteiger partial charge in [-0.2, -0.15) is 0 Å². The van der Waals surface area contributed by atoms with Crippen molar-refractivity contribution in [3.63, 3.8) is 0 Å². The first kappa shape index (κ1) is 7.73. The molecule has 1 aliphatic rings. The predicted molar refractivity (Wildman–Crippen MR) is 41.0 cm³/mol. The molecular formula is C8H15NO. The number of hydrogen-bond donors (Lipinski definition) is 0. The van der Waals surface area contributed by atoms with Crippen LogP contribution in [-0.2, 0) is 4.79 Å². The van der Waals surface area contributed by atoms with Gasteiger partial charge in [-0.1, -0.05) is 6.42 Å². The normalized spacial score (nSPS) is 27.5. The minimum absolute atomic E-state index is 0.216. The van der Waals surface area contributed by atoms with Gasteiger partial charge >= 0.3 is 0 Å². The smallest absolute Gasteiger partial charge is 0.149 e. The summed E-state index contributed by atoms with van der Waals surface area (Å²) in [5, 5.41) is 0. The Morgan fingerprint density at radius 3 is 2.50 bits per heavy atom. The Hall–Kier alpha value is -0.370. The SMILES string of the molecule is CN(C)[C@H]1CCCCC1=O. The van der Waals surface area contributed by atoms with Crippen molar-refractivity contribution in [2.45, 2.75) is 31.7 Å². The molecule has 0 aromatic heterocycles. The molecule has 0 aromatic rings. The van der Waals surface area contributed by atoms with E-state index in [0.29, 0.717) is 5.78 Å². The molecule has 0 aliphatic heterocycles. The van der Waals surface area contributed by atoms with Crippen LogP contribution in [0.1, 0.15) is 25.7 Å². The van der Waals surface area contributed by atoms with E-state index < -0.39 is 0 Å². The van der Waals surface area contributed by atoms with E-state index in [1.165, 1.54) is 6.42 Å². The lowest BCUT2D eigenvalue weighted by Gasteiger charge is -2.26. The van der Waals surface area contributed by atoms with E-state index in [2.05, 4.69) is 0 Å². The van der Waals surface area contributed by atoms with Crippen molar-refractivity contribution in [1.82, 2.24) is 4.90 Å². The topological polar surface area (TPSA) is 20.3 Å². The summed E-state index contributed by atoms with van der Waals surface area (Å²) in [6, 6.07) is 0.216. The van der Waals surface area contributed by atoms with Gasteiger partial charge in [0.25, 0.3) is 0 Å². The molecule has 0 bridgehead atoms. The van der Waals surface area contributed by atoms with Gasteiger partial charge in [-0.15, -0.1) is 0 Å². The third-order valence-corrected chi connectivity index (χ3v) is 2.15. The third-order valence-electron chi connectivity index (χ3n) is 2.15. The quantitative estimate of drug-likeness (QED) is 0.544. The summed E-state index contributed by atoms with van der Waals surface area (Å²) in [5.74, 6) is 0.427. The van der Waals surface area contributed by atoms with Crippen LogP contribution in [0.25, 0.3) is 0 Å². The molecule has 10 heavy (non-hydrogen) atoms. The Balaban J connectivity index is 2.48. The predicted octanol–water partition coefficient (Wildman–Crippen LogP) is 1.06. The van der Waals surface area contributed by atoms with Crippen molar-refractivity contribution in [1.29, 1.82) is 0 Å². The van der Waals surface area contributed by atoms with E-state index in [4.69, 9.17) is 0 Å². The molecule has 0 heterocycles. The monoisotopic (exact) mass is 141 g/mol. The molecule has 2 heteroatoms. The van der Waals surface area contributed by atoms with Crippen molar-refractivity contribution in [2.24, 2.45) is 0 Å². The zero-order valence-corrected chi connectivity index (χ0v) is 6.76. The van der Waals surface area contributed by atoms with Crippen molar-refractivity contribution in [2.75, 3.05) is 14.1 Å². The van der Waals surface area contributed by atoms with Crippen molar-refractivity contribution in [3.05, 3.63) is 0 Å². The minimum Gasteiger partial charge on any atom is -0.300 e. The molecule has 0 amide bonds. The van der Waals surface area contributed by atoms with Crippen molar-refractivity contribution < 1.29 is 4.79 Å². The maximum atomic E-state index is 11.2. The zero-order valence-electron chi connectivity index (χ0n) is 6.76. The largest absolute Gasteiger partial charge is 0.300 e. The number of carbonyl (C=O) groups is 1. The van der Waals surface area contributed by atoms with Crippen LogP contribution in [0.2, 0.25) is 0 Å². The summed E-state index contributed by atoms with van der Waals surface area (Å²) in [7, 11) is 3.96. The number of carbonyl (C=O) groups excluding carboxylic acids is 1. The molecule has 58 valence electrons. The second-order valence-electron chi connectivity index (χ2n) is 3.19. The number of Topliss-reactive ketones (excluding diaryl/α,β-unsaturated/α-hetero) is 1. The Kier molecular flexibility index (Phi) is 2.44. The van der Waals surface area contributed by atoms with E-state index >= 15 is 0 Å². The highest BCUT2D eigenvalue weighted by atomic mass is 16.1. The molecular weight excluding hydrogens is 126 g/mol. The highest BCUT2D eigenvalue weighted by molar-refractivity contribution is 5.84. The van der Waals surface area contributed by atoms with Crippen LogP contribution in [-0.4, -0.2) is 30.8 Å². The number of rotatable bonds is 1. The first-order valence-electron chi connectivity index (χ1n) is 3.91. The van der Waals surface area contributed by atoms with Gasteiger partial charge < -0.3 is 0 Å². The minimum atomic E-state index is 0.216. The molecule has 0 unspecified atom stereocenters. The van der Waals surface area contributed by atoms with Crippen LogP contribution in [0.15, 0.2) is 0 Å². The van der Waals surface area contributed by atoms with Crippen LogP contribution >= 0.6 is 0 Å². The van der Waals surface area contributed by atoms with E-state index in [9.17, 15) is 4.79 Å². The summed E-state index contributed by atoms with van der Waals surface area (Å²) in [5.41, 5.74) is 0. The maximum absolute atomic E-state index is 11.2. The fourth-order valence-corrected chi connectivity index (χ4v) is 1.51. The van der Waals surface area contributed by atoms with Crippen LogP contribution in [0.5, 0.6) is 0 Å². The molecule has 1 fully saturated rings. The van der Waals surface area contributed by atoms with Gasteiger partial charge in [0.05, 0.1) is 6.04 Å². The lowest BCUT2D eigenvalue weighted by molar-refractivity contribution is -0.125. The van der Waals surface area contributed by atoms with E-state index in [1.54, 1.807) is 0 Å². The summed E-state index contributed by atoms with van der Waals surface area (Å²) >= 11 is 0. The first-order valence-corrected chi connectivity index (χ1v) is 3.91. The number of hydrogen-bond acceptors (Lipinski definition) is 2. The van der Waals surface area contributed by atoms with Crippen molar-refractivity contribution in [3.8, 4) is 0 Å². The van der Waals surface area contributed by atoms with E-state index in [1.807, 2.05) is 19.0 Å². The van der Waals surface area contributed by atoms with Gasteiger partial charge in [0.15, 0.2) is 0 Å². The van der Waals surface area contributed by atoms with Gasteiger partial charge in [0.1, 0.15) is 5.78 Å². The average molecular weight is 141 g/mol. The molecule has 1 saturated carbocycles. The Bertz CT molecular complexity index is 131. The van der Waals surface area contributed by atoms with Crippen molar-refractivity contribution >= 4 is 5.78 Å². The van der Waals surface area contributed by atoms with Gasteiger partial charge in [-0.05, 0) is 26.9 Å². The fourth-order valence-electron chi connectivity index (χ4n) is 1.51. The number of likely N-dealkylation sites (N-methyl/N-ethyl adjacent to an activating group) is 1. The van der Waals surface area contributed by atoms with Gasteiger partial charge in [0.2, 0.25) is 0 Å². The van der Waals surface area contributed by atoms with Crippen LogP contribution < -0.4 is 0 Å². The molecule has 0 spiro atoms. The summed E-state index contributed by atoms with van der Waals surface area (Å²) in [6.45, 7) is 0. The maximum Gasteiger partial charge on any atom is 0.149 e. The van der Waals surface area contributed by atoms with Crippen LogP contribution in [0.4, 0.5) is 0 Å². The van der Waals surface area contributed by atoms with Gasteiger partial charge in [0, 0.05) is 6.42 Å². The zero-order chi connectivity index (χ0) is 7.56. The third kappa shape index (κ3) is 1.57. The highest BCUT2D eigenvalue weighted by Gasteiger charge is 2.23. The summed E-state index contributed by atoms with van der Waals surface area (Å²) < 4.78 is 0. The van der Waals surface area contributed by atoms with Crippen LogP contribution in [0.3, 0.4) is 0 Å². The molecule has 1 aliphatic carbocycles. The molecule has 2 nitrogen and oxygen atoms in total. The van der Waals surface area contributed by atoms with E-state index in [0.717, 1.165) is 19.3 Å². The van der Waals surface area contributed by atoms with Crippen LogP contribution in [0, 0.1) is 0 Å². The molecule has 1 rings (SSSR count). The summed E-state index contributed by atoms with van der Waals surface area (Å²) in [6.07, 6.45) is 4.17. The number of ketones is 1. The second kappa shape index (κ2) is 3.15. The lowest BCUT2D eigenvalue weighted by Crippen LogP contribution is -2.37. The number of nitrogens with zero attached hydrogens (tertiary/aromatic N) is 1. The Morgan fingerprint density at radius 1 is 1.40 bits per heavy atom. The standard InChI is InChI=1S/C8H15NO/c1-9(2)7-5-3-4-6-8(7)10/h7H,3-6H2,1-2H3/t7-/m0/s1. The van der Waals surface area contributed by atoms with Gasteiger partial charge in [-0.25, -0.2) is 0 Å². The summed E-state index contributed by atoms with van der Waals surface area (Å²) in [4.78, 5) is 13.2. The molecule has 0 radical (unpaired) electrons.